The molecule has 0 saturated carbocycles. The van der Waals surface area contributed by atoms with E-state index in [9.17, 15) is 9.59 Å². The molecule has 1 fully saturated rings. The Morgan fingerprint density at radius 2 is 1.88 bits per heavy atom. The summed E-state index contributed by atoms with van der Waals surface area (Å²) < 4.78 is 5.12. The lowest BCUT2D eigenvalue weighted by molar-refractivity contribution is -0.121. The number of nitrogens with zero attached hydrogens (tertiary/aromatic N) is 2. The van der Waals surface area contributed by atoms with Crippen LogP contribution in [-0.2, 0) is 11.2 Å². The zero-order chi connectivity index (χ0) is 18.4. The van der Waals surface area contributed by atoms with Crippen molar-refractivity contribution in [2.24, 2.45) is 0 Å². The van der Waals surface area contributed by atoms with Crippen LogP contribution in [0.4, 0.5) is 0 Å². The van der Waals surface area contributed by atoms with Crippen molar-refractivity contribution in [3.63, 3.8) is 0 Å². The molecule has 2 heterocycles. The van der Waals surface area contributed by atoms with Crippen LogP contribution in [0.2, 0.25) is 0 Å². The lowest BCUT2D eigenvalue weighted by atomic mass is 10.0. The third-order valence-corrected chi connectivity index (χ3v) is 4.56. The maximum atomic E-state index is 12.4. The fourth-order valence-corrected chi connectivity index (χ4v) is 3.09. The first-order valence-corrected chi connectivity index (χ1v) is 8.78. The second kappa shape index (κ2) is 8.47. The molecule has 0 unspecified atom stereocenters. The summed E-state index contributed by atoms with van der Waals surface area (Å²) in [5.74, 6) is 0.734. The predicted molar refractivity (Wildman–Crippen MR) is 98.0 cm³/mol. The number of ether oxygens (including phenoxy) is 1. The van der Waals surface area contributed by atoms with E-state index in [2.05, 4.69) is 10.3 Å². The third-order valence-electron chi connectivity index (χ3n) is 4.56. The van der Waals surface area contributed by atoms with Crippen LogP contribution in [0.1, 0.15) is 28.9 Å². The number of nitrogens with one attached hydrogen (secondary N) is 1. The second-order valence-electron chi connectivity index (χ2n) is 6.37. The topological polar surface area (TPSA) is 71.5 Å². The molecule has 3 rings (SSSR count). The van der Waals surface area contributed by atoms with Gasteiger partial charge >= 0.3 is 0 Å². The van der Waals surface area contributed by atoms with E-state index < -0.39 is 0 Å². The molecule has 1 N–H and O–H groups in total. The summed E-state index contributed by atoms with van der Waals surface area (Å²) in [5.41, 5.74) is 1.42. The van der Waals surface area contributed by atoms with Crippen LogP contribution in [0.5, 0.6) is 5.75 Å². The third kappa shape index (κ3) is 4.59. The highest BCUT2D eigenvalue weighted by Gasteiger charge is 2.25. The molecule has 0 atom stereocenters. The van der Waals surface area contributed by atoms with Gasteiger partial charge in [-0.2, -0.15) is 0 Å². The van der Waals surface area contributed by atoms with Gasteiger partial charge in [0.15, 0.2) is 0 Å². The van der Waals surface area contributed by atoms with Gasteiger partial charge in [0.05, 0.1) is 13.5 Å². The molecular weight excluding hydrogens is 330 g/mol. The number of rotatable bonds is 5. The number of amides is 2. The Balaban J connectivity index is 1.46. The van der Waals surface area contributed by atoms with E-state index in [1.165, 1.54) is 0 Å². The smallest absolute Gasteiger partial charge is 0.272 e. The summed E-state index contributed by atoms with van der Waals surface area (Å²) in [6, 6.07) is 12.9. The van der Waals surface area contributed by atoms with E-state index in [1.807, 2.05) is 30.3 Å². The predicted octanol–water partition coefficient (Wildman–Crippen LogP) is 2.05. The average molecular weight is 353 g/mol. The van der Waals surface area contributed by atoms with Gasteiger partial charge in [-0.15, -0.1) is 0 Å². The number of carbonyl (C=O) groups excluding carboxylic acids is 2. The number of carbonyl (C=O) groups is 2. The number of likely N-dealkylation sites (tertiary alicyclic amines) is 1. The molecule has 6 nitrogen and oxygen atoms in total. The summed E-state index contributed by atoms with van der Waals surface area (Å²) in [7, 11) is 1.62. The fraction of sp³-hybridized carbons (Fsp3) is 0.350. The Kier molecular flexibility index (Phi) is 5.84. The lowest BCUT2D eigenvalue weighted by Crippen LogP contribution is -2.47. The first-order chi connectivity index (χ1) is 12.7. The molecule has 1 aromatic carbocycles. The largest absolute Gasteiger partial charge is 0.497 e. The van der Waals surface area contributed by atoms with E-state index in [4.69, 9.17) is 4.74 Å². The molecule has 0 bridgehead atoms. The van der Waals surface area contributed by atoms with Crippen molar-refractivity contribution in [3.8, 4) is 5.75 Å². The van der Waals surface area contributed by atoms with E-state index in [1.54, 1.807) is 30.3 Å². The van der Waals surface area contributed by atoms with Crippen LogP contribution >= 0.6 is 0 Å². The number of piperidine rings is 1. The summed E-state index contributed by atoms with van der Waals surface area (Å²) in [6.07, 6.45) is 3.48. The van der Waals surface area contributed by atoms with Crippen LogP contribution in [0, 0.1) is 0 Å². The molecule has 1 saturated heterocycles. The van der Waals surface area contributed by atoms with Gasteiger partial charge in [0.1, 0.15) is 11.4 Å². The molecule has 1 aliphatic heterocycles. The van der Waals surface area contributed by atoms with Gasteiger partial charge < -0.3 is 15.0 Å². The zero-order valence-electron chi connectivity index (χ0n) is 14.9. The summed E-state index contributed by atoms with van der Waals surface area (Å²) in [6.45, 7) is 1.26. The first-order valence-electron chi connectivity index (χ1n) is 8.78. The minimum atomic E-state index is -0.0476. The van der Waals surface area contributed by atoms with Gasteiger partial charge in [-0.05, 0) is 42.7 Å². The minimum absolute atomic E-state index is 0.00432. The van der Waals surface area contributed by atoms with Gasteiger partial charge in [-0.1, -0.05) is 18.2 Å². The van der Waals surface area contributed by atoms with Crippen LogP contribution in [0.3, 0.4) is 0 Å². The summed E-state index contributed by atoms with van der Waals surface area (Å²) in [5, 5.41) is 3.07. The van der Waals surface area contributed by atoms with Gasteiger partial charge in [-0.25, -0.2) is 0 Å². The molecule has 26 heavy (non-hydrogen) atoms. The molecule has 1 aliphatic rings. The van der Waals surface area contributed by atoms with Crippen LogP contribution in [-0.4, -0.2) is 47.9 Å². The van der Waals surface area contributed by atoms with Crippen LogP contribution < -0.4 is 10.1 Å². The second-order valence-corrected chi connectivity index (χ2v) is 6.37. The van der Waals surface area contributed by atoms with Gasteiger partial charge in [0.25, 0.3) is 5.91 Å². The number of benzene rings is 1. The van der Waals surface area contributed by atoms with Crippen molar-refractivity contribution in [1.82, 2.24) is 15.2 Å². The molecule has 0 spiro atoms. The van der Waals surface area contributed by atoms with Crippen molar-refractivity contribution >= 4 is 11.8 Å². The number of aromatic nitrogens is 1. The van der Waals surface area contributed by atoms with Crippen molar-refractivity contribution in [2.45, 2.75) is 25.3 Å². The molecule has 6 heteroatoms. The van der Waals surface area contributed by atoms with E-state index >= 15 is 0 Å². The molecule has 1 aromatic heterocycles. The number of methoxy groups -OCH3 is 1. The molecule has 0 aliphatic carbocycles. The first kappa shape index (κ1) is 17.9. The monoisotopic (exact) mass is 353 g/mol. The number of hydrogen-bond acceptors (Lipinski definition) is 4. The Morgan fingerprint density at radius 3 is 2.50 bits per heavy atom. The number of hydrogen-bond donors (Lipinski definition) is 1. The highest BCUT2D eigenvalue weighted by molar-refractivity contribution is 5.92. The van der Waals surface area contributed by atoms with Crippen molar-refractivity contribution < 1.29 is 14.3 Å². The van der Waals surface area contributed by atoms with Crippen molar-refractivity contribution in [2.75, 3.05) is 20.2 Å². The highest BCUT2D eigenvalue weighted by Crippen LogP contribution is 2.14. The maximum absolute atomic E-state index is 12.4. The van der Waals surface area contributed by atoms with Gasteiger partial charge in [-0.3, -0.25) is 14.6 Å². The summed E-state index contributed by atoms with van der Waals surface area (Å²) >= 11 is 0. The molecule has 2 aromatic rings. The Hall–Kier alpha value is -2.89. The number of pyridine rings is 1. The zero-order valence-corrected chi connectivity index (χ0v) is 14.9. The normalized spacial score (nSPS) is 14.7. The van der Waals surface area contributed by atoms with Crippen molar-refractivity contribution in [3.05, 3.63) is 59.9 Å². The lowest BCUT2D eigenvalue weighted by Gasteiger charge is -2.32. The summed E-state index contributed by atoms with van der Waals surface area (Å²) in [4.78, 5) is 30.5. The Labute approximate surface area is 153 Å². The molecule has 136 valence electrons. The fourth-order valence-electron chi connectivity index (χ4n) is 3.09. The Morgan fingerprint density at radius 1 is 1.15 bits per heavy atom. The standard InChI is InChI=1S/C20H23N3O3/c1-26-17-7-5-15(6-8-17)14-19(24)22-16-9-12-23(13-10-16)20(25)18-4-2-3-11-21-18/h2-8,11,16H,9-10,12-14H2,1H3,(H,22,24). The SMILES string of the molecule is COc1ccc(CC(=O)NC2CCN(C(=O)c3ccccn3)CC2)cc1. The van der Waals surface area contributed by atoms with E-state index in [-0.39, 0.29) is 17.9 Å². The minimum Gasteiger partial charge on any atom is -0.497 e. The Bertz CT molecular complexity index is 739. The van der Waals surface area contributed by atoms with Crippen molar-refractivity contribution in [1.29, 1.82) is 0 Å². The highest BCUT2D eigenvalue weighted by atomic mass is 16.5. The van der Waals surface area contributed by atoms with Crippen LogP contribution in [0.15, 0.2) is 48.7 Å². The van der Waals surface area contributed by atoms with E-state index in [0.717, 1.165) is 24.2 Å². The van der Waals surface area contributed by atoms with E-state index in [0.29, 0.717) is 25.2 Å². The van der Waals surface area contributed by atoms with Gasteiger partial charge in [0.2, 0.25) is 5.91 Å². The van der Waals surface area contributed by atoms with Gasteiger partial charge in [0, 0.05) is 25.3 Å². The molecular formula is C20H23N3O3. The van der Waals surface area contributed by atoms with Crippen LogP contribution in [0.25, 0.3) is 0 Å². The molecule has 0 radical (unpaired) electrons. The quantitative estimate of drug-likeness (QED) is 0.893. The average Bonchev–Trinajstić information content (AvgIpc) is 2.69. The maximum Gasteiger partial charge on any atom is 0.272 e. The molecule has 2 amide bonds.